The van der Waals surface area contributed by atoms with Crippen molar-refractivity contribution in [3.63, 3.8) is 0 Å². The van der Waals surface area contributed by atoms with E-state index in [0.717, 1.165) is 11.1 Å². The molecule has 0 amide bonds. The fourth-order valence-corrected chi connectivity index (χ4v) is 1.24. The molecule has 0 radical (unpaired) electrons. The van der Waals surface area contributed by atoms with Crippen LogP contribution in [0.15, 0.2) is 30.8 Å². The highest BCUT2D eigenvalue weighted by molar-refractivity contribution is 5.90. The fraction of sp³-hybridized carbons (Fsp3) is 0.308. The summed E-state index contributed by atoms with van der Waals surface area (Å²) in [6.45, 7) is 9.19. The van der Waals surface area contributed by atoms with Gasteiger partial charge in [0.1, 0.15) is 0 Å². The Morgan fingerprint density at radius 2 is 1.73 bits per heavy atom. The number of rotatable bonds is 3. The molecule has 0 saturated heterocycles. The van der Waals surface area contributed by atoms with E-state index in [0.29, 0.717) is 5.57 Å². The molecule has 0 bridgehead atoms. The van der Waals surface area contributed by atoms with Crippen LogP contribution in [0.25, 0.3) is 5.57 Å². The minimum absolute atomic E-state index is 0.634. The third-order valence-electron chi connectivity index (χ3n) is 2.69. The van der Waals surface area contributed by atoms with Gasteiger partial charge in [0, 0.05) is 0 Å². The van der Waals surface area contributed by atoms with E-state index < -0.39 is 11.4 Å². The van der Waals surface area contributed by atoms with Crippen LogP contribution in [-0.2, 0) is 4.79 Å². The van der Waals surface area contributed by atoms with Gasteiger partial charge in [-0.25, -0.2) is 0 Å². The van der Waals surface area contributed by atoms with Gasteiger partial charge in [0.15, 0.2) is 0 Å². The molecule has 0 aromatic heterocycles. The summed E-state index contributed by atoms with van der Waals surface area (Å²) < 4.78 is 0. The molecule has 0 aliphatic carbocycles. The summed E-state index contributed by atoms with van der Waals surface area (Å²) in [4.78, 5) is 11.0. The van der Waals surface area contributed by atoms with Gasteiger partial charge in [0.2, 0.25) is 0 Å². The second kappa shape index (κ2) is 3.89. The number of aliphatic carboxylic acids is 1. The molecule has 0 aliphatic rings. The van der Waals surface area contributed by atoms with Gasteiger partial charge in [0.05, 0.1) is 5.41 Å². The largest absolute Gasteiger partial charge is 0.481 e. The molecule has 1 aromatic carbocycles. The lowest BCUT2D eigenvalue weighted by molar-refractivity contribution is -0.143. The summed E-state index contributed by atoms with van der Waals surface area (Å²) in [5.41, 5.74) is 1.75. The van der Waals surface area contributed by atoms with Crippen LogP contribution >= 0.6 is 0 Å². The van der Waals surface area contributed by atoms with E-state index in [1.54, 1.807) is 13.8 Å². The highest BCUT2D eigenvalue weighted by Gasteiger charge is 2.31. The molecule has 0 saturated carbocycles. The van der Waals surface area contributed by atoms with E-state index in [1.165, 1.54) is 0 Å². The predicted molar refractivity (Wildman–Crippen MR) is 61.6 cm³/mol. The van der Waals surface area contributed by atoms with Crippen molar-refractivity contribution < 1.29 is 9.90 Å². The van der Waals surface area contributed by atoms with E-state index in [4.69, 9.17) is 5.11 Å². The SMILES string of the molecule is C=C(c1ccc(C)cc1)C(C)(C)C(=O)O. The first-order valence-electron chi connectivity index (χ1n) is 4.85. The summed E-state index contributed by atoms with van der Waals surface area (Å²) in [5, 5.41) is 9.07. The molecule has 0 spiro atoms. The summed E-state index contributed by atoms with van der Waals surface area (Å²) in [7, 11) is 0. The van der Waals surface area contributed by atoms with Crippen molar-refractivity contribution in [3.05, 3.63) is 42.0 Å². The first-order chi connectivity index (χ1) is 6.85. The Balaban J connectivity index is 3.05. The lowest BCUT2D eigenvalue weighted by Gasteiger charge is -2.22. The monoisotopic (exact) mass is 204 g/mol. The number of hydrogen-bond donors (Lipinski definition) is 1. The Morgan fingerprint density at radius 1 is 1.27 bits per heavy atom. The summed E-state index contributed by atoms with van der Waals surface area (Å²) >= 11 is 0. The van der Waals surface area contributed by atoms with E-state index in [2.05, 4.69) is 6.58 Å². The molecule has 0 atom stereocenters. The zero-order valence-corrected chi connectivity index (χ0v) is 9.37. The van der Waals surface area contributed by atoms with Crippen molar-refractivity contribution in [2.24, 2.45) is 5.41 Å². The maximum Gasteiger partial charge on any atom is 0.313 e. The Morgan fingerprint density at radius 3 is 2.13 bits per heavy atom. The summed E-state index contributed by atoms with van der Waals surface area (Å²) in [6, 6.07) is 7.72. The first-order valence-corrected chi connectivity index (χ1v) is 4.85. The van der Waals surface area contributed by atoms with Gasteiger partial charge < -0.3 is 5.11 Å². The van der Waals surface area contributed by atoms with Crippen LogP contribution in [-0.4, -0.2) is 11.1 Å². The van der Waals surface area contributed by atoms with Gasteiger partial charge in [-0.2, -0.15) is 0 Å². The second-order valence-corrected chi connectivity index (χ2v) is 4.27. The van der Waals surface area contributed by atoms with Crippen molar-refractivity contribution in [3.8, 4) is 0 Å². The van der Waals surface area contributed by atoms with Crippen molar-refractivity contribution >= 4 is 11.5 Å². The Bertz CT molecular complexity index is 386. The average Bonchev–Trinajstić information content (AvgIpc) is 2.17. The third-order valence-corrected chi connectivity index (χ3v) is 2.69. The lowest BCUT2D eigenvalue weighted by Crippen LogP contribution is -2.24. The van der Waals surface area contributed by atoms with Crippen molar-refractivity contribution in [2.45, 2.75) is 20.8 Å². The molecular weight excluding hydrogens is 188 g/mol. The predicted octanol–water partition coefficient (Wildman–Crippen LogP) is 3.12. The van der Waals surface area contributed by atoms with E-state index in [-0.39, 0.29) is 0 Å². The molecule has 1 N–H and O–H groups in total. The molecular formula is C13H16O2. The van der Waals surface area contributed by atoms with Gasteiger partial charge in [-0.3, -0.25) is 4.79 Å². The van der Waals surface area contributed by atoms with Gasteiger partial charge in [-0.15, -0.1) is 0 Å². The fourth-order valence-electron chi connectivity index (χ4n) is 1.24. The highest BCUT2D eigenvalue weighted by Crippen LogP contribution is 2.33. The molecule has 2 nitrogen and oxygen atoms in total. The Hall–Kier alpha value is -1.57. The number of aryl methyl sites for hydroxylation is 1. The number of carboxylic acid groups (broad SMARTS) is 1. The standard InChI is InChI=1S/C13H16O2/c1-9-5-7-11(8-6-9)10(2)13(3,4)12(14)15/h5-8H,2H2,1,3-4H3,(H,14,15). The smallest absolute Gasteiger partial charge is 0.313 e. The van der Waals surface area contributed by atoms with E-state index >= 15 is 0 Å². The molecule has 1 rings (SSSR count). The van der Waals surface area contributed by atoms with Crippen LogP contribution in [0.4, 0.5) is 0 Å². The maximum absolute atomic E-state index is 11.0. The molecule has 0 unspecified atom stereocenters. The van der Waals surface area contributed by atoms with Crippen LogP contribution in [0.5, 0.6) is 0 Å². The summed E-state index contributed by atoms with van der Waals surface area (Å²) in [5.74, 6) is -0.854. The van der Waals surface area contributed by atoms with E-state index in [1.807, 2.05) is 31.2 Å². The van der Waals surface area contributed by atoms with Gasteiger partial charge in [-0.1, -0.05) is 36.4 Å². The Kier molecular flexibility index (Phi) is 2.98. The minimum Gasteiger partial charge on any atom is -0.481 e. The Labute approximate surface area is 90.3 Å². The molecule has 0 aliphatic heterocycles. The molecule has 0 heterocycles. The van der Waals surface area contributed by atoms with Crippen LogP contribution < -0.4 is 0 Å². The van der Waals surface area contributed by atoms with Crippen molar-refractivity contribution in [1.82, 2.24) is 0 Å². The highest BCUT2D eigenvalue weighted by atomic mass is 16.4. The second-order valence-electron chi connectivity index (χ2n) is 4.27. The van der Waals surface area contributed by atoms with Crippen LogP contribution in [0.3, 0.4) is 0 Å². The molecule has 2 heteroatoms. The first kappa shape index (κ1) is 11.5. The lowest BCUT2D eigenvalue weighted by atomic mass is 9.81. The molecule has 15 heavy (non-hydrogen) atoms. The minimum atomic E-state index is -0.921. The number of hydrogen-bond acceptors (Lipinski definition) is 1. The zero-order chi connectivity index (χ0) is 11.6. The third kappa shape index (κ3) is 2.27. The van der Waals surface area contributed by atoms with E-state index in [9.17, 15) is 4.79 Å². The van der Waals surface area contributed by atoms with Crippen molar-refractivity contribution in [1.29, 1.82) is 0 Å². The molecule has 80 valence electrons. The molecule has 1 aromatic rings. The average molecular weight is 204 g/mol. The van der Waals surface area contributed by atoms with Gasteiger partial charge in [-0.05, 0) is 31.9 Å². The van der Waals surface area contributed by atoms with Gasteiger partial charge >= 0.3 is 5.97 Å². The topological polar surface area (TPSA) is 37.3 Å². The van der Waals surface area contributed by atoms with Gasteiger partial charge in [0.25, 0.3) is 0 Å². The quantitative estimate of drug-likeness (QED) is 0.821. The van der Waals surface area contributed by atoms with Crippen LogP contribution in [0.2, 0.25) is 0 Å². The zero-order valence-electron chi connectivity index (χ0n) is 9.37. The number of carbonyl (C=O) groups is 1. The normalized spacial score (nSPS) is 11.1. The van der Waals surface area contributed by atoms with Crippen molar-refractivity contribution in [2.75, 3.05) is 0 Å². The maximum atomic E-state index is 11.0. The summed E-state index contributed by atoms with van der Waals surface area (Å²) in [6.07, 6.45) is 0. The number of benzene rings is 1. The van der Waals surface area contributed by atoms with Crippen LogP contribution in [0, 0.1) is 12.3 Å². The molecule has 0 fully saturated rings. The number of carboxylic acids is 1. The van der Waals surface area contributed by atoms with Crippen LogP contribution in [0.1, 0.15) is 25.0 Å².